The van der Waals surface area contributed by atoms with E-state index in [9.17, 15) is 27.6 Å². The quantitative estimate of drug-likeness (QED) is 0.366. The second-order valence-electron chi connectivity index (χ2n) is 7.49. The summed E-state index contributed by atoms with van der Waals surface area (Å²) in [6.07, 6.45) is -4.55. The fraction of sp³-hybridized carbons (Fsp3) is 0.0800. The van der Waals surface area contributed by atoms with Gasteiger partial charge in [0.15, 0.2) is 5.75 Å². The molecular formula is C25H16ClF3N2O4. The van der Waals surface area contributed by atoms with Crippen LogP contribution in [-0.4, -0.2) is 16.4 Å². The van der Waals surface area contributed by atoms with Crippen molar-refractivity contribution in [1.82, 2.24) is 4.57 Å². The molecule has 3 aromatic carbocycles. The summed E-state index contributed by atoms with van der Waals surface area (Å²) in [6, 6.07) is 16.3. The number of halogens is 4. The molecule has 0 aliphatic rings. The molecule has 0 saturated heterocycles. The highest BCUT2D eigenvalue weighted by atomic mass is 35.5. The Balaban J connectivity index is 1.83. The number of aryl methyl sites for hydroxylation is 1. The van der Waals surface area contributed by atoms with Crippen molar-refractivity contribution in [3.63, 3.8) is 0 Å². The molecule has 1 amide bonds. The Morgan fingerprint density at radius 2 is 1.60 bits per heavy atom. The molecule has 0 atom stereocenters. The van der Waals surface area contributed by atoms with Gasteiger partial charge in [0.1, 0.15) is 5.56 Å². The van der Waals surface area contributed by atoms with E-state index >= 15 is 0 Å². The summed E-state index contributed by atoms with van der Waals surface area (Å²) < 4.78 is 45.3. The molecule has 10 heteroatoms. The third-order valence-corrected chi connectivity index (χ3v) is 5.54. The molecule has 0 bridgehead atoms. The first-order chi connectivity index (χ1) is 16.6. The van der Waals surface area contributed by atoms with E-state index in [-0.39, 0.29) is 27.4 Å². The molecule has 0 radical (unpaired) electrons. The number of pyridine rings is 1. The van der Waals surface area contributed by atoms with Crippen LogP contribution in [0.15, 0.2) is 77.6 Å². The SMILES string of the molecule is Cn1c(=O)c(C(=O)Nc2ccc(C(F)(F)F)cc2)c(OC(=O)c2ccccc2)c2c(Cl)cccc21. The van der Waals surface area contributed by atoms with E-state index in [1.807, 2.05) is 0 Å². The summed E-state index contributed by atoms with van der Waals surface area (Å²) in [5, 5.41) is 2.66. The van der Waals surface area contributed by atoms with Gasteiger partial charge in [-0.25, -0.2) is 4.79 Å². The van der Waals surface area contributed by atoms with Crippen LogP contribution in [-0.2, 0) is 13.2 Å². The zero-order valence-electron chi connectivity index (χ0n) is 18.0. The number of esters is 1. The van der Waals surface area contributed by atoms with Crippen molar-refractivity contribution >= 4 is 40.1 Å². The minimum absolute atomic E-state index is 0.00430. The Morgan fingerprint density at radius 1 is 0.943 bits per heavy atom. The Labute approximate surface area is 201 Å². The second kappa shape index (κ2) is 9.27. The molecule has 0 fully saturated rings. The van der Waals surface area contributed by atoms with Crippen molar-refractivity contribution in [3.8, 4) is 5.75 Å². The zero-order chi connectivity index (χ0) is 25.3. The maximum Gasteiger partial charge on any atom is 0.416 e. The normalized spacial score (nSPS) is 11.3. The van der Waals surface area contributed by atoms with E-state index in [0.717, 1.165) is 24.3 Å². The number of anilines is 1. The molecule has 0 aliphatic carbocycles. The summed E-state index contributed by atoms with van der Waals surface area (Å²) in [4.78, 5) is 39.2. The number of ether oxygens (including phenoxy) is 1. The van der Waals surface area contributed by atoms with Gasteiger partial charge in [0.05, 0.1) is 27.1 Å². The van der Waals surface area contributed by atoms with Gasteiger partial charge in [0.25, 0.3) is 11.5 Å². The topological polar surface area (TPSA) is 77.4 Å². The van der Waals surface area contributed by atoms with Crippen molar-refractivity contribution in [1.29, 1.82) is 0 Å². The monoisotopic (exact) mass is 500 g/mol. The lowest BCUT2D eigenvalue weighted by molar-refractivity contribution is -0.137. The van der Waals surface area contributed by atoms with Gasteiger partial charge in [-0.15, -0.1) is 0 Å². The number of nitrogens with one attached hydrogen (secondary N) is 1. The number of hydrogen-bond donors (Lipinski definition) is 1. The van der Waals surface area contributed by atoms with E-state index in [1.54, 1.807) is 30.3 Å². The van der Waals surface area contributed by atoms with E-state index < -0.39 is 34.7 Å². The van der Waals surface area contributed by atoms with Crippen LogP contribution in [0, 0.1) is 0 Å². The molecule has 1 N–H and O–H groups in total. The molecule has 4 aromatic rings. The number of carbonyl (C=O) groups excluding carboxylic acids is 2. The van der Waals surface area contributed by atoms with Gasteiger partial charge in [-0.1, -0.05) is 35.9 Å². The lowest BCUT2D eigenvalue weighted by Gasteiger charge is -2.16. The maximum absolute atomic E-state index is 13.2. The number of aromatic nitrogens is 1. The summed E-state index contributed by atoms with van der Waals surface area (Å²) >= 11 is 6.37. The average molecular weight is 501 g/mol. The lowest BCUT2D eigenvalue weighted by atomic mass is 10.1. The first-order valence-electron chi connectivity index (χ1n) is 10.1. The number of hydrogen-bond acceptors (Lipinski definition) is 4. The van der Waals surface area contributed by atoms with Crippen molar-refractivity contribution in [3.05, 3.63) is 105 Å². The molecule has 1 heterocycles. The number of rotatable bonds is 4. The van der Waals surface area contributed by atoms with Crippen LogP contribution < -0.4 is 15.6 Å². The number of alkyl halides is 3. The maximum atomic E-state index is 13.2. The summed E-state index contributed by atoms with van der Waals surface area (Å²) in [5.74, 6) is -2.17. The predicted octanol–water partition coefficient (Wildman–Crippen LogP) is 5.68. The van der Waals surface area contributed by atoms with Crippen LogP contribution in [0.5, 0.6) is 5.75 Å². The molecule has 35 heavy (non-hydrogen) atoms. The van der Waals surface area contributed by atoms with Crippen molar-refractivity contribution in [2.45, 2.75) is 6.18 Å². The smallest absolute Gasteiger partial charge is 0.416 e. The minimum atomic E-state index is -4.55. The van der Waals surface area contributed by atoms with Crippen LogP contribution in [0.25, 0.3) is 10.9 Å². The highest BCUT2D eigenvalue weighted by Crippen LogP contribution is 2.35. The summed E-state index contributed by atoms with van der Waals surface area (Å²) in [5.41, 5.74) is -1.74. The van der Waals surface area contributed by atoms with Gasteiger partial charge in [-0.2, -0.15) is 13.2 Å². The molecule has 4 rings (SSSR count). The molecular weight excluding hydrogens is 485 g/mol. The van der Waals surface area contributed by atoms with Gasteiger partial charge in [0.2, 0.25) is 0 Å². The Bertz CT molecular complexity index is 1500. The molecule has 178 valence electrons. The van der Waals surface area contributed by atoms with Crippen molar-refractivity contribution in [2.75, 3.05) is 5.32 Å². The van der Waals surface area contributed by atoms with Crippen molar-refractivity contribution in [2.24, 2.45) is 7.05 Å². The van der Waals surface area contributed by atoms with Crippen LogP contribution in [0.3, 0.4) is 0 Å². The third kappa shape index (κ3) is 4.76. The highest BCUT2D eigenvalue weighted by molar-refractivity contribution is 6.36. The van der Waals surface area contributed by atoms with Gasteiger partial charge in [0, 0.05) is 12.7 Å². The first-order valence-corrected chi connectivity index (χ1v) is 10.5. The Kier molecular flexibility index (Phi) is 6.36. The third-order valence-electron chi connectivity index (χ3n) is 5.23. The largest absolute Gasteiger partial charge is 0.421 e. The number of carbonyl (C=O) groups is 2. The van der Waals surface area contributed by atoms with Gasteiger partial charge < -0.3 is 14.6 Å². The highest BCUT2D eigenvalue weighted by Gasteiger charge is 2.30. The molecule has 0 spiro atoms. The number of benzene rings is 3. The summed E-state index contributed by atoms with van der Waals surface area (Å²) in [6.45, 7) is 0. The second-order valence-corrected chi connectivity index (χ2v) is 7.89. The number of fused-ring (bicyclic) bond motifs is 1. The fourth-order valence-electron chi connectivity index (χ4n) is 3.48. The lowest BCUT2D eigenvalue weighted by Crippen LogP contribution is -2.30. The van der Waals surface area contributed by atoms with Gasteiger partial charge in [-0.05, 0) is 48.5 Å². The van der Waals surface area contributed by atoms with Crippen LogP contribution in [0.4, 0.5) is 18.9 Å². The van der Waals surface area contributed by atoms with Crippen LogP contribution >= 0.6 is 11.6 Å². The molecule has 0 saturated carbocycles. The van der Waals surface area contributed by atoms with E-state index in [1.165, 1.54) is 29.8 Å². The Hall–Kier alpha value is -4.11. The molecule has 0 aliphatic heterocycles. The molecule has 6 nitrogen and oxygen atoms in total. The van der Waals surface area contributed by atoms with E-state index in [0.29, 0.717) is 5.52 Å². The van der Waals surface area contributed by atoms with E-state index in [4.69, 9.17) is 16.3 Å². The summed E-state index contributed by atoms with van der Waals surface area (Å²) in [7, 11) is 1.42. The minimum Gasteiger partial charge on any atom is -0.421 e. The number of amides is 1. The standard InChI is InChI=1S/C25H16ClF3N2O4/c1-31-18-9-5-8-17(26)19(18)21(35-24(34)14-6-3-2-4-7-14)20(23(31)33)22(32)30-16-12-10-15(11-13-16)25(27,28)29/h2-13H,1H3,(H,30,32). The van der Waals surface area contributed by atoms with Crippen LogP contribution in [0.2, 0.25) is 5.02 Å². The Morgan fingerprint density at radius 3 is 2.23 bits per heavy atom. The predicted molar refractivity (Wildman–Crippen MR) is 125 cm³/mol. The van der Waals surface area contributed by atoms with Crippen molar-refractivity contribution < 1.29 is 27.5 Å². The molecule has 1 aromatic heterocycles. The van der Waals surface area contributed by atoms with Gasteiger partial charge in [-0.3, -0.25) is 9.59 Å². The molecule has 0 unspecified atom stereocenters. The average Bonchev–Trinajstić information content (AvgIpc) is 2.82. The van der Waals surface area contributed by atoms with Crippen LogP contribution in [0.1, 0.15) is 26.3 Å². The van der Waals surface area contributed by atoms with E-state index in [2.05, 4.69) is 5.32 Å². The zero-order valence-corrected chi connectivity index (χ0v) is 18.8. The van der Waals surface area contributed by atoms with Gasteiger partial charge >= 0.3 is 12.1 Å². The first kappa shape index (κ1) is 24.0. The fourth-order valence-corrected chi connectivity index (χ4v) is 3.74. The number of nitrogens with zero attached hydrogens (tertiary/aromatic N) is 1.